The average Bonchev–Trinajstić information content (AvgIpc) is 3.45. The van der Waals surface area contributed by atoms with Crippen molar-refractivity contribution < 1.29 is 18.6 Å². The van der Waals surface area contributed by atoms with E-state index in [1.165, 1.54) is 6.20 Å². The van der Waals surface area contributed by atoms with Gasteiger partial charge in [-0.1, -0.05) is 30.3 Å². The summed E-state index contributed by atoms with van der Waals surface area (Å²) in [6, 6.07) is 16.6. The molecule has 0 aliphatic carbocycles. The number of amides is 1. The Morgan fingerprint density at radius 3 is 2.67 bits per heavy atom. The van der Waals surface area contributed by atoms with Crippen LogP contribution in [0, 0.1) is 13.8 Å². The van der Waals surface area contributed by atoms with Crippen LogP contribution < -0.4 is 10.1 Å². The number of fused-ring (bicyclic) bond motifs is 2. The van der Waals surface area contributed by atoms with Crippen molar-refractivity contribution >= 4 is 39.1 Å². The van der Waals surface area contributed by atoms with Crippen molar-refractivity contribution in [1.29, 1.82) is 0 Å². The molecule has 1 amide bonds. The second-order valence-electron chi connectivity index (χ2n) is 11.1. The van der Waals surface area contributed by atoms with Crippen molar-refractivity contribution in [1.82, 2.24) is 34.5 Å². The predicted octanol–water partition coefficient (Wildman–Crippen LogP) is 6.02. The Morgan fingerprint density at radius 1 is 1.09 bits per heavy atom. The fourth-order valence-corrected chi connectivity index (χ4v) is 7.14. The number of ether oxygens (including phenoxy) is 1. The number of hydrogen-bond acceptors (Lipinski definition) is 10. The first-order valence-corrected chi connectivity index (χ1v) is 16.6. The van der Waals surface area contributed by atoms with Crippen molar-refractivity contribution in [3.05, 3.63) is 101 Å². The fourth-order valence-electron chi connectivity index (χ4n) is 5.58. The molecule has 0 bridgehead atoms. The van der Waals surface area contributed by atoms with Crippen LogP contribution in [0.3, 0.4) is 0 Å². The number of benzene rings is 2. The maximum absolute atomic E-state index is 13.4. The summed E-state index contributed by atoms with van der Waals surface area (Å²) < 4.78 is 32.7. The number of pyridine rings is 1. The highest BCUT2D eigenvalue weighted by atomic mass is 32.3. The molecular weight excluding hydrogens is 604 g/mol. The molecule has 238 valence electrons. The third-order valence-corrected chi connectivity index (χ3v) is 10.1. The number of aromatic nitrogens is 6. The van der Waals surface area contributed by atoms with E-state index in [9.17, 15) is 13.9 Å². The molecule has 1 atom stereocenters. The van der Waals surface area contributed by atoms with Crippen LogP contribution in [-0.4, -0.2) is 62.1 Å². The molecule has 3 aromatic heterocycles. The molecule has 2 aromatic carbocycles. The Balaban J connectivity index is 1.43. The van der Waals surface area contributed by atoms with Gasteiger partial charge in [0.1, 0.15) is 16.5 Å². The number of carbonyl (C=O) groups excluding carboxylic acids is 1. The van der Waals surface area contributed by atoms with Crippen LogP contribution in [0.25, 0.3) is 16.6 Å². The van der Waals surface area contributed by atoms with Gasteiger partial charge >= 0.3 is 0 Å². The molecule has 3 N–H and O–H groups in total. The number of hydrogen-bond donors (Lipinski definition) is 3. The van der Waals surface area contributed by atoms with Crippen LogP contribution in [0.2, 0.25) is 0 Å². The summed E-state index contributed by atoms with van der Waals surface area (Å²) in [5.74, 6) is 0.204. The summed E-state index contributed by atoms with van der Waals surface area (Å²) in [5, 5.41) is 19.4. The molecule has 12 nitrogen and oxygen atoms in total. The Kier molecular flexibility index (Phi) is 8.82. The molecule has 4 heterocycles. The SMILES string of the molecule is CC[C@@H]1CN(Cc2cc(/C(=C/C(=O)Nc3cccnn3)c3ccc4c(nnn4CC)c3C)ccc2C)S(O)(O)c2cccnc2O1. The van der Waals surface area contributed by atoms with Gasteiger partial charge in [-0.2, -0.15) is 9.40 Å². The van der Waals surface area contributed by atoms with Crippen molar-refractivity contribution in [2.24, 2.45) is 0 Å². The third-order valence-electron chi connectivity index (χ3n) is 8.17. The molecular formula is C33H36N8O4S. The lowest BCUT2D eigenvalue weighted by Crippen LogP contribution is -2.34. The predicted molar refractivity (Wildman–Crippen MR) is 177 cm³/mol. The minimum atomic E-state index is -3.41. The first-order valence-electron chi connectivity index (χ1n) is 15.1. The summed E-state index contributed by atoms with van der Waals surface area (Å²) in [7, 11) is -3.41. The number of aryl methyl sites for hydroxylation is 3. The summed E-state index contributed by atoms with van der Waals surface area (Å²) in [6.45, 7) is 9.17. The Bertz CT molecular complexity index is 1930. The first kappa shape index (κ1) is 31.3. The highest BCUT2D eigenvalue weighted by molar-refractivity contribution is 8.22. The van der Waals surface area contributed by atoms with Gasteiger partial charge in [-0.15, -0.1) is 21.0 Å². The van der Waals surface area contributed by atoms with E-state index in [1.807, 2.05) is 62.7 Å². The fraction of sp³-hybridized carbons (Fsp3) is 0.273. The second kappa shape index (κ2) is 13.0. The first-order chi connectivity index (χ1) is 22.2. The molecule has 1 aliphatic heterocycles. The Hall–Kier alpha value is -4.69. The van der Waals surface area contributed by atoms with E-state index in [0.29, 0.717) is 30.9 Å². The lowest BCUT2D eigenvalue weighted by molar-refractivity contribution is -0.111. The van der Waals surface area contributed by atoms with Gasteiger partial charge in [-0.05, 0) is 97.0 Å². The molecule has 0 radical (unpaired) electrons. The van der Waals surface area contributed by atoms with Crippen molar-refractivity contribution in [3.63, 3.8) is 0 Å². The zero-order valence-electron chi connectivity index (χ0n) is 26.1. The minimum absolute atomic E-state index is 0.234. The van der Waals surface area contributed by atoms with Crippen LogP contribution in [0.5, 0.6) is 5.88 Å². The van der Waals surface area contributed by atoms with E-state index in [0.717, 1.165) is 38.9 Å². The topological polar surface area (TPSA) is 151 Å². The van der Waals surface area contributed by atoms with Crippen molar-refractivity contribution in [2.75, 3.05) is 11.9 Å². The maximum Gasteiger partial charge on any atom is 0.250 e. The lowest BCUT2D eigenvalue weighted by Gasteiger charge is -2.41. The summed E-state index contributed by atoms with van der Waals surface area (Å²) in [6.07, 6.45) is 5.05. The molecule has 13 heteroatoms. The monoisotopic (exact) mass is 640 g/mol. The summed E-state index contributed by atoms with van der Waals surface area (Å²) in [5.41, 5.74) is 6.64. The van der Waals surface area contributed by atoms with Crippen LogP contribution >= 0.6 is 10.8 Å². The number of carbonyl (C=O) groups is 1. The molecule has 1 aliphatic rings. The van der Waals surface area contributed by atoms with Crippen LogP contribution in [0.4, 0.5) is 5.82 Å². The van der Waals surface area contributed by atoms with Crippen molar-refractivity contribution in [3.8, 4) is 5.88 Å². The van der Waals surface area contributed by atoms with Crippen molar-refractivity contribution in [2.45, 2.75) is 58.2 Å². The number of anilines is 1. The van der Waals surface area contributed by atoms with Gasteiger partial charge in [0.2, 0.25) is 11.8 Å². The quantitative estimate of drug-likeness (QED) is 0.172. The normalized spacial score (nSPS) is 17.2. The molecule has 46 heavy (non-hydrogen) atoms. The van der Waals surface area contributed by atoms with E-state index < -0.39 is 10.8 Å². The molecule has 0 saturated carbocycles. The Labute approximate surface area is 268 Å². The van der Waals surface area contributed by atoms with E-state index in [-0.39, 0.29) is 29.3 Å². The standard InChI is InChI=1S/C33H36N8O4S/c1-5-25-20-40(46(43,44)29-9-7-15-34-33(29)45-25)19-24-17-23(12-11-21(24)3)27(18-31(42)36-30-10-8-16-35-37-30)26-13-14-28-32(22(26)4)38-39-41(28)6-2/h7-18,25,43-44H,5-6,19-20H2,1-4H3,(H,36,37,42)/b27-18-/t25-/m1/s1. The van der Waals surface area contributed by atoms with E-state index >= 15 is 0 Å². The van der Waals surface area contributed by atoms with Gasteiger partial charge in [0.05, 0.1) is 12.1 Å². The molecule has 0 fully saturated rings. The van der Waals surface area contributed by atoms with Gasteiger partial charge in [0, 0.05) is 31.6 Å². The second-order valence-corrected chi connectivity index (χ2v) is 13.1. The van der Waals surface area contributed by atoms with Crippen LogP contribution in [0.15, 0.2) is 78.0 Å². The molecule has 0 saturated heterocycles. The highest BCUT2D eigenvalue weighted by Crippen LogP contribution is 2.57. The number of nitrogens with zero attached hydrogens (tertiary/aromatic N) is 7. The maximum atomic E-state index is 13.4. The van der Waals surface area contributed by atoms with Gasteiger partial charge in [-0.25, -0.2) is 9.67 Å². The lowest BCUT2D eigenvalue weighted by atomic mass is 9.91. The zero-order valence-corrected chi connectivity index (χ0v) is 26.9. The number of rotatable bonds is 8. The Morgan fingerprint density at radius 2 is 1.91 bits per heavy atom. The molecule has 0 spiro atoms. The molecule has 0 unspecified atom stereocenters. The van der Waals surface area contributed by atoms with E-state index in [4.69, 9.17) is 4.74 Å². The number of nitrogens with one attached hydrogen (secondary N) is 1. The molecule has 6 rings (SSSR count). The van der Waals surface area contributed by atoms with Gasteiger partial charge < -0.3 is 10.1 Å². The van der Waals surface area contributed by atoms with Crippen LogP contribution in [-0.2, 0) is 17.9 Å². The van der Waals surface area contributed by atoms with E-state index in [2.05, 4.69) is 30.8 Å². The minimum Gasteiger partial charge on any atom is -0.472 e. The van der Waals surface area contributed by atoms with Gasteiger partial charge in [-0.3, -0.25) is 13.9 Å². The summed E-state index contributed by atoms with van der Waals surface area (Å²) >= 11 is 0. The smallest absolute Gasteiger partial charge is 0.250 e. The third kappa shape index (κ3) is 6.09. The zero-order chi connectivity index (χ0) is 32.4. The molecule has 5 aromatic rings. The van der Waals surface area contributed by atoms with E-state index in [1.54, 1.807) is 40.8 Å². The van der Waals surface area contributed by atoms with Crippen LogP contribution in [0.1, 0.15) is 48.1 Å². The summed E-state index contributed by atoms with van der Waals surface area (Å²) in [4.78, 5) is 17.9. The highest BCUT2D eigenvalue weighted by Gasteiger charge is 2.35. The largest absolute Gasteiger partial charge is 0.472 e. The van der Waals surface area contributed by atoms with Gasteiger partial charge in [0.15, 0.2) is 5.82 Å². The van der Waals surface area contributed by atoms with Gasteiger partial charge in [0.25, 0.3) is 0 Å². The average molecular weight is 641 g/mol.